The number of nitrogens with zero attached hydrogens (tertiary/aromatic N) is 5. The van der Waals surface area contributed by atoms with Crippen LogP contribution in [-0.2, 0) is 28.6 Å². The highest BCUT2D eigenvalue weighted by atomic mass is 35.5. The van der Waals surface area contributed by atoms with E-state index >= 15 is 0 Å². The SMILES string of the molecule is CC(c1cccc(S(C)=O)c1)n1ncc2c(-c3ccc4c(c3)OC(C)(C)C(=O)N4Cc3ccc(Cl)cn3)c(C(N)=O)c(CC3CC3)nc21. The molecular weight excluding hydrogens is 648 g/mol. The zero-order valence-electron chi connectivity index (χ0n) is 27.1. The number of carbonyl (C=O) groups excluding carboxylic acids is 2. The molecule has 3 aromatic heterocycles. The van der Waals surface area contributed by atoms with Crippen LogP contribution in [0.15, 0.2) is 71.9 Å². The number of benzene rings is 2. The van der Waals surface area contributed by atoms with Crippen molar-refractivity contribution in [1.82, 2.24) is 19.7 Å². The topological polar surface area (TPSA) is 133 Å². The van der Waals surface area contributed by atoms with Gasteiger partial charge in [0.15, 0.2) is 11.2 Å². The number of nitrogens with two attached hydrogens (primary N) is 1. The van der Waals surface area contributed by atoms with Gasteiger partial charge < -0.3 is 10.5 Å². The van der Waals surface area contributed by atoms with E-state index in [1.807, 2.05) is 54.1 Å². The number of fused-ring (bicyclic) bond motifs is 2. The second-order valence-corrected chi connectivity index (χ2v) is 14.8. The third kappa shape index (κ3) is 5.85. The van der Waals surface area contributed by atoms with Gasteiger partial charge in [0.2, 0.25) is 0 Å². The van der Waals surface area contributed by atoms with Crippen LogP contribution in [0.1, 0.15) is 67.0 Å². The van der Waals surface area contributed by atoms with Crippen LogP contribution in [0.25, 0.3) is 22.2 Å². The number of hydrogen-bond donors (Lipinski definition) is 1. The number of amides is 2. The van der Waals surface area contributed by atoms with Crippen LogP contribution in [0.4, 0.5) is 5.69 Å². The molecule has 246 valence electrons. The molecular formula is C36H35ClN6O4S. The molecule has 2 aliphatic rings. The number of aromatic nitrogens is 4. The number of halogens is 1. The summed E-state index contributed by atoms with van der Waals surface area (Å²) in [5, 5.41) is 5.96. The fourth-order valence-electron chi connectivity index (χ4n) is 6.34. The predicted molar refractivity (Wildman–Crippen MR) is 186 cm³/mol. The molecule has 4 heterocycles. The smallest absolute Gasteiger partial charge is 0.271 e. The zero-order chi connectivity index (χ0) is 33.9. The lowest BCUT2D eigenvalue weighted by atomic mass is 9.92. The Morgan fingerprint density at radius 3 is 2.62 bits per heavy atom. The molecule has 0 saturated heterocycles. The highest BCUT2D eigenvalue weighted by Gasteiger charge is 2.41. The lowest BCUT2D eigenvalue weighted by Gasteiger charge is -2.39. The zero-order valence-corrected chi connectivity index (χ0v) is 28.6. The molecule has 0 radical (unpaired) electrons. The summed E-state index contributed by atoms with van der Waals surface area (Å²) in [4.78, 5) is 38.7. The molecule has 1 fully saturated rings. The predicted octanol–water partition coefficient (Wildman–Crippen LogP) is 6.25. The largest absolute Gasteiger partial charge is 0.476 e. The molecule has 2 amide bonds. The summed E-state index contributed by atoms with van der Waals surface area (Å²) in [6, 6.07) is 16.5. The quantitative estimate of drug-likeness (QED) is 0.194. The van der Waals surface area contributed by atoms with Gasteiger partial charge in [0.05, 0.1) is 46.4 Å². The van der Waals surface area contributed by atoms with E-state index in [9.17, 15) is 13.8 Å². The normalized spacial score (nSPS) is 16.8. The Bertz CT molecular complexity index is 2130. The van der Waals surface area contributed by atoms with Gasteiger partial charge in [-0.05, 0) is 93.5 Å². The molecule has 0 spiro atoms. The van der Waals surface area contributed by atoms with Crippen molar-refractivity contribution in [3.05, 3.63) is 94.5 Å². The number of rotatable bonds is 9. The van der Waals surface area contributed by atoms with Gasteiger partial charge >= 0.3 is 0 Å². The molecule has 2 atom stereocenters. The molecule has 10 nitrogen and oxygen atoms in total. The average molecular weight is 683 g/mol. The van der Waals surface area contributed by atoms with E-state index in [-0.39, 0.29) is 18.5 Å². The van der Waals surface area contributed by atoms with Crippen molar-refractivity contribution in [2.75, 3.05) is 11.2 Å². The molecule has 12 heteroatoms. The van der Waals surface area contributed by atoms with Crippen LogP contribution < -0.4 is 15.4 Å². The van der Waals surface area contributed by atoms with Crippen LogP contribution in [0.3, 0.4) is 0 Å². The van der Waals surface area contributed by atoms with Crippen LogP contribution in [0.2, 0.25) is 5.02 Å². The van der Waals surface area contributed by atoms with Gasteiger partial charge in [-0.2, -0.15) is 5.10 Å². The number of pyridine rings is 2. The van der Waals surface area contributed by atoms with Gasteiger partial charge in [-0.1, -0.05) is 29.8 Å². The summed E-state index contributed by atoms with van der Waals surface area (Å²) >= 11 is 6.05. The third-order valence-electron chi connectivity index (χ3n) is 9.06. The maximum absolute atomic E-state index is 13.6. The summed E-state index contributed by atoms with van der Waals surface area (Å²) in [6.07, 6.45) is 7.68. The van der Waals surface area contributed by atoms with E-state index in [0.29, 0.717) is 67.9 Å². The number of ether oxygens (including phenoxy) is 1. The van der Waals surface area contributed by atoms with Gasteiger partial charge in [0, 0.05) is 39.1 Å². The van der Waals surface area contributed by atoms with Crippen LogP contribution in [-0.4, -0.2) is 47.6 Å². The van der Waals surface area contributed by atoms with E-state index < -0.39 is 22.3 Å². The molecule has 1 aliphatic carbocycles. The Morgan fingerprint density at radius 1 is 1.15 bits per heavy atom. The number of carbonyl (C=O) groups is 2. The molecule has 1 aliphatic heterocycles. The summed E-state index contributed by atoms with van der Waals surface area (Å²) in [7, 11) is -1.14. The van der Waals surface area contributed by atoms with Crippen molar-refractivity contribution in [2.45, 2.75) is 63.1 Å². The summed E-state index contributed by atoms with van der Waals surface area (Å²) in [5.41, 5.74) is 10.1. The monoisotopic (exact) mass is 682 g/mol. The van der Waals surface area contributed by atoms with E-state index in [0.717, 1.165) is 23.3 Å². The maximum atomic E-state index is 13.6. The fraction of sp³-hybridized carbons (Fsp3) is 0.306. The van der Waals surface area contributed by atoms with E-state index in [1.54, 1.807) is 49.5 Å². The van der Waals surface area contributed by atoms with Crippen molar-refractivity contribution >= 4 is 50.9 Å². The van der Waals surface area contributed by atoms with Crippen molar-refractivity contribution in [3.8, 4) is 16.9 Å². The van der Waals surface area contributed by atoms with Crippen LogP contribution in [0.5, 0.6) is 5.75 Å². The Balaban J connectivity index is 1.39. The minimum Gasteiger partial charge on any atom is -0.476 e. The summed E-state index contributed by atoms with van der Waals surface area (Å²) in [5.74, 6) is 0.139. The molecule has 7 rings (SSSR count). The molecule has 0 bridgehead atoms. The first-order valence-electron chi connectivity index (χ1n) is 15.8. The molecule has 48 heavy (non-hydrogen) atoms. The van der Waals surface area contributed by atoms with Crippen molar-refractivity contribution in [3.63, 3.8) is 0 Å². The number of primary amides is 1. The lowest BCUT2D eigenvalue weighted by molar-refractivity contribution is -0.132. The van der Waals surface area contributed by atoms with Gasteiger partial charge in [0.1, 0.15) is 5.75 Å². The Hall–Kier alpha value is -4.61. The van der Waals surface area contributed by atoms with Gasteiger partial charge in [-0.15, -0.1) is 0 Å². The lowest BCUT2D eigenvalue weighted by Crippen LogP contribution is -2.52. The van der Waals surface area contributed by atoms with Gasteiger partial charge in [0.25, 0.3) is 11.8 Å². The molecule has 2 unspecified atom stereocenters. The van der Waals surface area contributed by atoms with Crippen molar-refractivity contribution < 1.29 is 18.5 Å². The second kappa shape index (κ2) is 12.1. The number of anilines is 1. The molecule has 2 N–H and O–H groups in total. The van der Waals surface area contributed by atoms with Crippen molar-refractivity contribution in [2.24, 2.45) is 11.7 Å². The van der Waals surface area contributed by atoms with E-state index in [4.69, 9.17) is 32.2 Å². The van der Waals surface area contributed by atoms with Gasteiger partial charge in [-0.25, -0.2) is 9.67 Å². The Kier molecular flexibility index (Phi) is 8.07. The standard InChI is InChI=1S/C36H35ClN6O4S/c1-20(22-6-5-7-26(15-22)48(4)46)43-34-27(18-40-43)31(32(33(38)44)28(41-34)14-21-8-9-21)23-10-13-29-30(16-23)47-36(2,3)35(45)42(29)19-25-12-11-24(37)17-39-25/h5-7,10-13,15-18,20-21H,8-9,14,19H2,1-4H3,(H2,38,44). The van der Waals surface area contributed by atoms with E-state index in [2.05, 4.69) is 4.98 Å². The number of hydrogen-bond acceptors (Lipinski definition) is 7. The summed E-state index contributed by atoms with van der Waals surface area (Å²) < 4.78 is 20.4. The fourth-order valence-corrected chi connectivity index (χ4v) is 7.02. The Morgan fingerprint density at radius 2 is 1.94 bits per heavy atom. The molecule has 5 aromatic rings. The first-order chi connectivity index (χ1) is 22.9. The Labute approximate surface area is 285 Å². The molecule has 2 aromatic carbocycles. The first-order valence-corrected chi connectivity index (χ1v) is 17.7. The maximum Gasteiger partial charge on any atom is 0.271 e. The molecule has 1 saturated carbocycles. The van der Waals surface area contributed by atoms with Crippen molar-refractivity contribution in [1.29, 1.82) is 0 Å². The highest BCUT2D eigenvalue weighted by Crippen LogP contribution is 2.44. The minimum absolute atomic E-state index is 0.207. The first kappa shape index (κ1) is 32.0. The van der Waals surface area contributed by atoms with Gasteiger partial charge in [-0.3, -0.25) is 23.7 Å². The minimum atomic E-state index is -1.16. The van der Waals surface area contributed by atoms with E-state index in [1.165, 1.54) is 0 Å². The second-order valence-electron chi connectivity index (χ2n) is 13.0. The average Bonchev–Trinajstić information content (AvgIpc) is 3.78. The van der Waals surface area contributed by atoms with Crippen LogP contribution in [0, 0.1) is 5.92 Å². The third-order valence-corrected chi connectivity index (χ3v) is 10.2. The summed E-state index contributed by atoms with van der Waals surface area (Å²) in [6.45, 7) is 5.71. The highest BCUT2D eigenvalue weighted by molar-refractivity contribution is 7.84. The van der Waals surface area contributed by atoms with Crippen LogP contribution >= 0.6 is 11.6 Å².